The van der Waals surface area contributed by atoms with Crippen molar-refractivity contribution in [3.63, 3.8) is 0 Å². The third-order valence-corrected chi connectivity index (χ3v) is 2.59. The lowest BCUT2D eigenvalue weighted by Crippen LogP contribution is -2.32. The molecule has 0 fully saturated rings. The second-order valence-corrected chi connectivity index (χ2v) is 4.36. The van der Waals surface area contributed by atoms with E-state index in [4.69, 9.17) is 6.42 Å². The van der Waals surface area contributed by atoms with E-state index in [1.165, 1.54) is 11.1 Å². The molecule has 0 aliphatic heterocycles. The van der Waals surface area contributed by atoms with E-state index >= 15 is 0 Å². The molecule has 1 unspecified atom stereocenters. The van der Waals surface area contributed by atoms with E-state index in [0.717, 1.165) is 6.42 Å². The molecule has 1 amide bonds. The highest BCUT2D eigenvalue weighted by atomic mass is 16.1. The zero-order valence-corrected chi connectivity index (χ0v) is 10.5. The Labute approximate surface area is 103 Å². The molecule has 0 heterocycles. The van der Waals surface area contributed by atoms with Crippen LogP contribution in [0.5, 0.6) is 0 Å². The summed E-state index contributed by atoms with van der Waals surface area (Å²) >= 11 is 0. The molecule has 0 spiro atoms. The Balaban J connectivity index is 2.33. The Morgan fingerprint density at radius 1 is 1.41 bits per heavy atom. The maximum atomic E-state index is 11.6. The van der Waals surface area contributed by atoms with Gasteiger partial charge < -0.3 is 5.32 Å². The topological polar surface area (TPSA) is 29.1 Å². The van der Waals surface area contributed by atoms with E-state index in [1.807, 2.05) is 6.92 Å². The van der Waals surface area contributed by atoms with Crippen molar-refractivity contribution in [1.29, 1.82) is 0 Å². The summed E-state index contributed by atoms with van der Waals surface area (Å²) in [5, 5.41) is 2.88. The monoisotopic (exact) mass is 229 g/mol. The molecule has 90 valence electrons. The van der Waals surface area contributed by atoms with Gasteiger partial charge in [0.05, 0.1) is 0 Å². The highest BCUT2D eigenvalue weighted by Gasteiger charge is 2.06. The maximum Gasteiger partial charge on any atom is 0.220 e. The Morgan fingerprint density at radius 3 is 2.65 bits per heavy atom. The largest absolute Gasteiger partial charge is 0.353 e. The standard InChI is InChI=1S/C15H19NO/c1-4-5-13(3)16-15(17)11-10-14-8-6-12(2)7-9-14/h1,6-9,13H,5,10-11H2,2-3H3,(H,16,17). The van der Waals surface area contributed by atoms with Crippen LogP contribution in [0, 0.1) is 19.3 Å². The number of amides is 1. The van der Waals surface area contributed by atoms with Gasteiger partial charge in [0.2, 0.25) is 5.91 Å². The molecule has 2 nitrogen and oxygen atoms in total. The van der Waals surface area contributed by atoms with Crippen LogP contribution in [-0.2, 0) is 11.2 Å². The third kappa shape index (κ3) is 5.21. The minimum atomic E-state index is 0.0607. The first kappa shape index (κ1) is 13.3. The summed E-state index contributed by atoms with van der Waals surface area (Å²) in [6.07, 6.45) is 7.05. The summed E-state index contributed by atoms with van der Waals surface area (Å²) in [7, 11) is 0. The van der Waals surface area contributed by atoms with Crippen LogP contribution in [-0.4, -0.2) is 11.9 Å². The van der Waals surface area contributed by atoms with Crippen LogP contribution in [0.2, 0.25) is 0 Å². The van der Waals surface area contributed by atoms with Gasteiger partial charge in [-0.1, -0.05) is 29.8 Å². The molecule has 1 aromatic carbocycles. The van der Waals surface area contributed by atoms with Crippen LogP contribution in [0.1, 0.15) is 30.9 Å². The molecular weight excluding hydrogens is 210 g/mol. The SMILES string of the molecule is C#CCC(C)NC(=O)CCc1ccc(C)cc1. The van der Waals surface area contributed by atoms with Gasteiger partial charge in [-0.05, 0) is 25.8 Å². The van der Waals surface area contributed by atoms with Gasteiger partial charge in [0.1, 0.15) is 0 Å². The highest BCUT2D eigenvalue weighted by molar-refractivity contribution is 5.76. The molecule has 1 aromatic rings. The van der Waals surface area contributed by atoms with E-state index in [2.05, 4.69) is 42.4 Å². The predicted molar refractivity (Wildman–Crippen MR) is 70.6 cm³/mol. The number of nitrogens with one attached hydrogen (secondary N) is 1. The zero-order chi connectivity index (χ0) is 12.7. The van der Waals surface area contributed by atoms with Crippen molar-refractivity contribution in [2.45, 2.75) is 39.2 Å². The molecule has 0 bridgehead atoms. The summed E-state index contributed by atoms with van der Waals surface area (Å²) < 4.78 is 0. The number of carbonyl (C=O) groups is 1. The van der Waals surface area contributed by atoms with Gasteiger partial charge in [-0.2, -0.15) is 0 Å². The summed E-state index contributed by atoms with van der Waals surface area (Å²) in [4.78, 5) is 11.6. The Morgan fingerprint density at radius 2 is 2.06 bits per heavy atom. The number of hydrogen-bond donors (Lipinski definition) is 1. The molecule has 0 saturated carbocycles. The van der Waals surface area contributed by atoms with E-state index in [0.29, 0.717) is 12.8 Å². The number of aryl methyl sites for hydroxylation is 2. The maximum absolute atomic E-state index is 11.6. The summed E-state index contributed by atoms with van der Waals surface area (Å²) in [6.45, 7) is 3.97. The van der Waals surface area contributed by atoms with Gasteiger partial charge in [0, 0.05) is 18.9 Å². The molecule has 1 N–H and O–H groups in total. The summed E-state index contributed by atoms with van der Waals surface area (Å²) in [5.74, 6) is 2.60. The van der Waals surface area contributed by atoms with Crippen LogP contribution in [0.25, 0.3) is 0 Å². The molecular formula is C15H19NO. The Hall–Kier alpha value is -1.75. The van der Waals surface area contributed by atoms with E-state index < -0.39 is 0 Å². The number of terminal acetylenes is 1. The van der Waals surface area contributed by atoms with E-state index in [-0.39, 0.29) is 11.9 Å². The first-order valence-corrected chi connectivity index (χ1v) is 5.90. The molecule has 0 saturated heterocycles. The van der Waals surface area contributed by atoms with Crippen molar-refractivity contribution in [3.8, 4) is 12.3 Å². The lowest BCUT2D eigenvalue weighted by atomic mass is 10.1. The molecule has 1 rings (SSSR count). The Kier molecular flexibility index (Phi) is 5.29. The summed E-state index contributed by atoms with van der Waals surface area (Å²) in [6, 6.07) is 8.31. The molecule has 0 aliphatic rings. The van der Waals surface area contributed by atoms with E-state index in [9.17, 15) is 4.79 Å². The van der Waals surface area contributed by atoms with Crippen LogP contribution in [0.3, 0.4) is 0 Å². The Bertz CT molecular complexity index is 400. The van der Waals surface area contributed by atoms with Crippen molar-refractivity contribution in [2.75, 3.05) is 0 Å². The van der Waals surface area contributed by atoms with Gasteiger partial charge in [-0.15, -0.1) is 12.3 Å². The number of hydrogen-bond acceptors (Lipinski definition) is 1. The average Bonchev–Trinajstić information content (AvgIpc) is 2.28. The van der Waals surface area contributed by atoms with Gasteiger partial charge >= 0.3 is 0 Å². The molecule has 0 radical (unpaired) electrons. The van der Waals surface area contributed by atoms with Gasteiger partial charge in [0.25, 0.3) is 0 Å². The number of carbonyl (C=O) groups excluding carboxylic acids is 1. The smallest absolute Gasteiger partial charge is 0.220 e. The lowest BCUT2D eigenvalue weighted by Gasteiger charge is -2.10. The van der Waals surface area contributed by atoms with Crippen molar-refractivity contribution in [2.24, 2.45) is 0 Å². The predicted octanol–water partition coefficient (Wildman–Crippen LogP) is 2.46. The van der Waals surface area contributed by atoms with Gasteiger partial charge in [-0.25, -0.2) is 0 Å². The van der Waals surface area contributed by atoms with Crippen LogP contribution in [0.15, 0.2) is 24.3 Å². The second kappa shape index (κ2) is 6.75. The first-order valence-electron chi connectivity index (χ1n) is 5.90. The van der Waals surface area contributed by atoms with Crippen molar-refractivity contribution >= 4 is 5.91 Å². The van der Waals surface area contributed by atoms with Crippen LogP contribution < -0.4 is 5.32 Å². The normalized spacial score (nSPS) is 11.6. The lowest BCUT2D eigenvalue weighted by molar-refractivity contribution is -0.121. The van der Waals surface area contributed by atoms with Crippen LogP contribution in [0.4, 0.5) is 0 Å². The fourth-order valence-corrected chi connectivity index (χ4v) is 1.59. The van der Waals surface area contributed by atoms with Crippen LogP contribution >= 0.6 is 0 Å². The third-order valence-electron chi connectivity index (χ3n) is 2.59. The molecule has 1 atom stereocenters. The fourth-order valence-electron chi connectivity index (χ4n) is 1.59. The minimum absolute atomic E-state index is 0.0607. The highest BCUT2D eigenvalue weighted by Crippen LogP contribution is 2.05. The quantitative estimate of drug-likeness (QED) is 0.772. The fraction of sp³-hybridized carbons (Fsp3) is 0.400. The molecule has 0 aliphatic carbocycles. The van der Waals surface area contributed by atoms with Crippen molar-refractivity contribution in [1.82, 2.24) is 5.32 Å². The minimum Gasteiger partial charge on any atom is -0.353 e. The number of rotatable bonds is 5. The van der Waals surface area contributed by atoms with Gasteiger partial charge in [-0.3, -0.25) is 4.79 Å². The van der Waals surface area contributed by atoms with E-state index in [1.54, 1.807) is 0 Å². The summed E-state index contributed by atoms with van der Waals surface area (Å²) in [5.41, 5.74) is 2.43. The van der Waals surface area contributed by atoms with Crippen molar-refractivity contribution in [3.05, 3.63) is 35.4 Å². The second-order valence-electron chi connectivity index (χ2n) is 4.36. The molecule has 2 heteroatoms. The molecule has 17 heavy (non-hydrogen) atoms. The van der Waals surface area contributed by atoms with Crippen molar-refractivity contribution < 1.29 is 4.79 Å². The average molecular weight is 229 g/mol. The zero-order valence-electron chi connectivity index (χ0n) is 10.5. The first-order chi connectivity index (χ1) is 8.11. The number of benzene rings is 1. The molecule has 0 aromatic heterocycles. The van der Waals surface area contributed by atoms with Gasteiger partial charge in [0.15, 0.2) is 0 Å².